The fourth-order valence-corrected chi connectivity index (χ4v) is 2.24. The van der Waals surface area contributed by atoms with Crippen molar-refractivity contribution >= 4 is 0 Å². The topological polar surface area (TPSA) is 30.5 Å². The molecule has 1 aliphatic heterocycles. The molecule has 0 aliphatic carbocycles. The standard InChI is InChI=1S/C14H18F3NO2/c15-14(16,17)10-19-8-6-18-9-11-5-7-20-13-4-2-1-3-12(11)13/h1-4,11,18H,5-10H2. The minimum absolute atomic E-state index is 0.0599. The highest BCUT2D eigenvalue weighted by molar-refractivity contribution is 5.37. The van der Waals surface area contributed by atoms with Gasteiger partial charge < -0.3 is 14.8 Å². The summed E-state index contributed by atoms with van der Waals surface area (Å²) in [5.74, 6) is 1.24. The van der Waals surface area contributed by atoms with E-state index in [9.17, 15) is 13.2 Å². The Morgan fingerprint density at radius 3 is 2.90 bits per heavy atom. The van der Waals surface area contributed by atoms with Gasteiger partial charge in [-0.3, -0.25) is 0 Å². The van der Waals surface area contributed by atoms with Crippen molar-refractivity contribution in [2.24, 2.45) is 0 Å². The molecule has 20 heavy (non-hydrogen) atoms. The summed E-state index contributed by atoms with van der Waals surface area (Å²) in [6, 6.07) is 7.86. The van der Waals surface area contributed by atoms with Gasteiger partial charge in [-0.1, -0.05) is 18.2 Å². The minimum Gasteiger partial charge on any atom is -0.493 e. The highest BCUT2D eigenvalue weighted by Gasteiger charge is 2.27. The van der Waals surface area contributed by atoms with Crippen LogP contribution in [0.25, 0.3) is 0 Å². The molecule has 0 fully saturated rings. The van der Waals surface area contributed by atoms with Gasteiger partial charge in [0.15, 0.2) is 0 Å². The number of fused-ring (bicyclic) bond motifs is 1. The van der Waals surface area contributed by atoms with E-state index in [4.69, 9.17) is 4.74 Å². The van der Waals surface area contributed by atoms with Gasteiger partial charge in [0.25, 0.3) is 0 Å². The summed E-state index contributed by atoms with van der Waals surface area (Å²) in [6.45, 7) is 0.679. The van der Waals surface area contributed by atoms with Crippen molar-refractivity contribution in [1.29, 1.82) is 0 Å². The monoisotopic (exact) mass is 289 g/mol. The van der Waals surface area contributed by atoms with Gasteiger partial charge in [-0.05, 0) is 18.1 Å². The van der Waals surface area contributed by atoms with E-state index in [1.54, 1.807) is 0 Å². The Morgan fingerprint density at radius 2 is 2.10 bits per heavy atom. The van der Waals surface area contributed by atoms with Crippen LogP contribution >= 0.6 is 0 Å². The van der Waals surface area contributed by atoms with E-state index in [2.05, 4.69) is 10.1 Å². The number of benzene rings is 1. The maximum Gasteiger partial charge on any atom is 0.411 e. The number of hydrogen-bond donors (Lipinski definition) is 1. The minimum atomic E-state index is -4.25. The van der Waals surface area contributed by atoms with E-state index >= 15 is 0 Å². The molecule has 0 saturated carbocycles. The maximum atomic E-state index is 11.9. The second kappa shape index (κ2) is 6.95. The van der Waals surface area contributed by atoms with E-state index in [0.717, 1.165) is 24.3 Å². The first-order valence-corrected chi connectivity index (χ1v) is 6.63. The Morgan fingerprint density at radius 1 is 1.30 bits per heavy atom. The zero-order valence-electron chi connectivity index (χ0n) is 11.1. The first kappa shape index (κ1) is 15.1. The van der Waals surface area contributed by atoms with Crippen LogP contribution in [0.2, 0.25) is 0 Å². The van der Waals surface area contributed by atoms with Crippen molar-refractivity contribution in [2.45, 2.75) is 18.5 Å². The average Bonchev–Trinajstić information content (AvgIpc) is 2.41. The normalized spacial score (nSPS) is 18.4. The largest absolute Gasteiger partial charge is 0.493 e. The van der Waals surface area contributed by atoms with Crippen LogP contribution < -0.4 is 10.1 Å². The zero-order valence-corrected chi connectivity index (χ0v) is 11.1. The van der Waals surface area contributed by atoms with Crippen molar-refractivity contribution in [3.63, 3.8) is 0 Å². The molecule has 1 aliphatic rings. The Balaban J connectivity index is 1.68. The lowest BCUT2D eigenvalue weighted by Gasteiger charge is -2.26. The molecule has 6 heteroatoms. The molecule has 1 aromatic carbocycles. The van der Waals surface area contributed by atoms with Gasteiger partial charge in [-0.15, -0.1) is 0 Å². The molecule has 2 rings (SSSR count). The number of rotatable bonds is 6. The van der Waals surface area contributed by atoms with Crippen molar-refractivity contribution in [2.75, 3.05) is 32.9 Å². The Bertz CT molecular complexity index is 423. The van der Waals surface area contributed by atoms with Gasteiger partial charge in [0, 0.05) is 19.0 Å². The van der Waals surface area contributed by atoms with Crippen LogP contribution in [0.3, 0.4) is 0 Å². The molecule has 0 spiro atoms. The average molecular weight is 289 g/mol. The molecular weight excluding hydrogens is 271 g/mol. The smallest absolute Gasteiger partial charge is 0.411 e. The number of nitrogens with one attached hydrogen (secondary N) is 1. The highest BCUT2D eigenvalue weighted by atomic mass is 19.4. The molecule has 0 saturated heterocycles. The molecule has 0 amide bonds. The van der Waals surface area contributed by atoms with Gasteiger partial charge in [0.2, 0.25) is 0 Å². The predicted octanol–water partition coefficient (Wildman–Crippen LogP) is 2.72. The molecule has 0 radical (unpaired) electrons. The van der Waals surface area contributed by atoms with Crippen LogP contribution in [0, 0.1) is 0 Å². The van der Waals surface area contributed by atoms with E-state index < -0.39 is 12.8 Å². The van der Waals surface area contributed by atoms with Crippen molar-refractivity contribution in [1.82, 2.24) is 5.32 Å². The van der Waals surface area contributed by atoms with E-state index in [-0.39, 0.29) is 6.61 Å². The van der Waals surface area contributed by atoms with Gasteiger partial charge in [0.05, 0.1) is 13.2 Å². The molecule has 0 bridgehead atoms. The van der Waals surface area contributed by atoms with Crippen molar-refractivity contribution < 1.29 is 22.6 Å². The predicted molar refractivity (Wildman–Crippen MR) is 69.0 cm³/mol. The fraction of sp³-hybridized carbons (Fsp3) is 0.571. The third-order valence-electron chi connectivity index (χ3n) is 3.16. The maximum absolute atomic E-state index is 11.9. The van der Waals surface area contributed by atoms with Gasteiger partial charge in [-0.25, -0.2) is 0 Å². The Hall–Kier alpha value is -1.27. The van der Waals surface area contributed by atoms with Crippen LogP contribution in [-0.2, 0) is 4.74 Å². The van der Waals surface area contributed by atoms with E-state index in [0.29, 0.717) is 19.1 Å². The summed E-state index contributed by atoms with van der Waals surface area (Å²) in [4.78, 5) is 0. The molecule has 1 heterocycles. The summed E-state index contributed by atoms with van der Waals surface area (Å²) < 4.78 is 45.7. The molecule has 1 aromatic rings. The first-order valence-electron chi connectivity index (χ1n) is 6.63. The summed E-state index contributed by atoms with van der Waals surface area (Å²) >= 11 is 0. The Labute approximate surface area is 116 Å². The van der Waals surface area contributed by atoms with Crippen LogP contribution in [0.5, 0.6) is 5.75 Å². The lowest BCUT2D eigenvalue weighted by molar-refractivity contribution is -0.173. The molecule has 0 aromatic heterocycles. The summed E-state index contributed by atoms with van der Waals surface area (Å²) in [6.07, 6.45) is -3.34. The Kier molecular flexibility index (Phi) is 5.25. The molecule has 112 valence electrons. The number of alkyl halides is 3. The van der Waals surface area contributed by atoms with Crippen molar-refractivity contribution in [3.8, 4) is 5.75 Å². The fourth-order valence-electron chi connectivity index (χ4n) is 2.24. The number of ether oxygens (including phenoxy) is 2. The second-order valence-electron chi connectivity index (χ2n) is 4.74. The number of para-hydroxylation sites is 1. The summed E-state index contributed by atoms with van der Waals surface area (Å²) in [5, 5.41) is 3.13. The lowest BCUT2D eigenvalue weighted by atomic mass is 9.93. The van der Waals surface area contributed by atoms with Crippen LogP contribution in [-0.4, -0.2) is 39.1 Å². The van der Waals surface area contributed by atoms with Gasteiger partial charge >= 0.3 is 6.18 Å². The van der Waals surface area contributed by atoms with Gasteiger partial charge in [0.1, 0.15) is 12.4 Å². The number of halogens is 3. The molecule has 3 nitrogen and oxygen atoms in total. The third kappa shape index (κ3) is 4.68. The molecule has 1 N–H and O–H groups in total. The van der Waals surface area contributed by atoms with Gasteiger partial charge in [-0.2, -0.15) is 13.2 Å². The zero-order chi connectivity index (χ0) is 14.4. The highest BCUT2D eigenvalue weighted by Crippen LogP contribution is 2.32. The number of hydrogen-bond acceptors (Lipinski definition) is 3. The molecular formula is C14H18F3NO2. The third-order valence-corrected chi connectivity index (χ3v) is 3.16. The van der Waals surface area contributed by atoms with Crippen LogP contribution in [0.4, 0.5) is 13.2 Å². The summed E-state index contributed by atoms with van der Waals surface area (Å²) in [5.41, 5.74) is 1.16. The second-order valence-corrected chi connectivity index (χ2v) is 4.74. The lowest BCUT2D eigenvalue weighted by Crippen LogP contribution is -2.29. The van der Waals surface area contributed by atoms with Crippen molar-refractivity contribution in [3.05, 3.63) is 29.8 Å². The van der Waals surface area contributed by atoms with E-state index in [1.807, 2.05) is 24.3 Å². The van der Waals surface area contributed by atoms with Crippen LogP contribution in [0.15, 0.2) is 24.3 Å². The summed E-state index contributed by atoms with van der Waals surface area (Å²) in [7, 11) is 0. The van der Waals surface area contributed by atoms with Crippen LogP contribution in [0.1, 0.15) is 17.9 Å². The molecule has 1 unspecified atom stereocenters. The quantitative estimate of drug-likeness (QED) is 0.817. The van der Waals surface area contributed by atoms with E-state index in [1.165, 1.54) is 0 Å². The SMILES string of the molecule is FC(F)(F)COCCNCC1CCOc2ccccc21. The first-order chi connectivity index (χ1) is 9.56. The molecule has 1 atom stereocenters.